The lowest BCUT2D eigenvalue weighted by Gasteiger charge is -2.13. The molecular weight excluding hydrogens is 384 g/mol. The van der Waals surface area contributed by atoms with E-state index in [1.54, 1.807) is 12.1 Å². The van der Waals surface area contributed by atoms with Crippen LogP contribution in [-0.4, -0.2) is 37.8 Å². The summed E-state index contributed by atoms with van der Waals surface area (Å²) in [6, 6.07) is 11.4. The van der Waals surface area contributed by atoms with Crippen LogP contribution >= 0.6 is 0 Å². The molecule has 0 atom stereocenters. The van der Waals surface area contributed by atoms with E-state index >= 15 is 0 Å². The molecule has 28 heavy (non-hydrogen) atoms. The summed E-state index contributed by atoms with van der Waals surface area (Å²) >= 11 is 0. The van der Waals surface area contributed by atoms with E-state index in [1.807, 2.05) is 0 Å². The molecule has 1 saturated carbocycles. The Morgan fingerprint density at radius 1 is 1.04 bits per heavy atom. The second-order valence-corrected chi connectivity index (χ2v) is 8.42. The predicted molar refractivity (Wildman–Crippen MR) is 96.7 cm³/mol. The molecule has 4 rings (SSSR count). The second kappa shape index (κ2) is 6.84. The molecule has 1 N–H and O–H groups in total. The number of rotatable bonds is 6. The minimum absolute atomic E-state index is 0.0918. The number of nitrogens with one attached hydrogen (secondary N) is 1. The third kappa shape index (κ3) is 3.41. The van der Waals surface area contributed by atoms with Crippen LogP contribution in [0.25, 0.3) is 0 Å². The van der Waals surface area contributed by atoms with Crippen LogP contribution in [0.4, 0.5) is 0 Å². The molecule has 0 saturated heterocycles. The number of sulfonamides is 1. The number of hydrogen-bond donors (Lipinski definition) is 1. The summed E-state index contributed by atoms with van der Waals surface area (Å²) < 4.78 is 27.2. The third-order valence-corrected chi connectivity index (χ3v) is 5.99. The molecule has 8 nitrogen and oxygen atoms in total. The van der Waals surface area contributed by atoms with Gasteiger partial charge in [0.15, 0.2) is 0 Å². The van der Waals surface area contributed by atoms with E-state index in [-0.39, 0.29) is 21.6 Å². The molecule has 2 aliphatic rings. The second-order valence-electron chi connectivity index (χ2n) is 6.65. The summed E-state index contributed by atoms with van der Waals surface area (Å²) in [7, 11) is -3.77. The lowest BCUT2D eigenvalue weighted by molar-refractivity contribution is -0.0584. The molecule has 2 aromatic carbocycles. The zero-order chi connectivity index (χ0) is 19.9. The summed E-state index contributed by atoms with van der Waals surface area (Å²) in [6.07, 6.45) is 1.99. The Labute approximate surface area is 161 Å². The van der Waals surface area contributed by atoms with Gasteiger partial charge in [-0.25, -0.2) is 17.9 Å². The number of benzene rings is 2. The molecule has 1 heterocycles. The molecular formula is C19H16N2O6S. The van der Waals surface area contributed by atoms with Gasteiger partial charge in [0, 0.05) is 6.54 Å². The van der Waals surface area contributed by atoms with Crippen LogP contribution in [0.15, 0.2) is 53.4 Å². The molecule has 1 aliphatic carbocycles. The minimum Gasteiger partial charge on any atom is -0.324 e. The highest BCUT2D eigenvalue weighted by Gasteiger charge is 2.38. The number of amides is 2. The molecule has 0 spiro atoms. The van der Waals surface area contributed by atoms with Crippen LogP contribution in [0.2, 0.25) is 0 Å². The molecule has 0 bridgehead atoms. The Morgan fingerprint density at radius 3 is 2.29 bits per heavy atom. The summed E-state index contributed by atoms with van der Waals surface area (Å²) in [6.45, 7) is 0.353. The number of carbonyl (C=O) groups is 3. The molecule has 0 radical (unpaired) electrons. The molecule has 2 amide bonds. The molecule has 144 valence electrons. The van der Waals surface area contributed by atoms with E-state index in [0.29, 0.717) is 17.5 Å². The number of imide groups is 1. The van der Waals surface area contributed by atoms with Crippen molar-refractivity contribution in [2.24, 2.45) is 5.92 Å². The van der Waals surface area contributed by atoms with Crippen LogP contribution in [-0.2, 0) is 14.9 Å². The highest BCUT2D eigenvalue weighted by molar-refractivity contribution is 7.89. The predicted octanol–water partition coefficient (Wildman–Crippen LogP) is 1.74. The standard InChI is InChI=1S/C19H16N2O6S/c22-17-15-6-1-2-7-16(15)18(23)21(17)27-19(24)13-4-3-5-14(10-13)28(25,26)20-11-12-8-9-12/h1-7,10,12,20H,8-9,11H2. The molecule has 0 unspecified atom stereocenters. The van der Waals surface area contributed by atoms with Gasteiger partial charge in [0.05, 0.1) is 21.6 Å². The number of fused-ring (bicyclic) bond motifs is 1. The molecule has 1 fully saturated rings. The average molecular weight is 400 g/mol. The van der Waals surface area contributed by atoms with Crippen molar-refractivity contribution >= 4 is 27.8 Å². The highest BCUT2D eigenvalue weighted by atomic mass is 32.2. The van der Waals surface area contributed by atoms with Crippen molar-refractivity contribution in [3.05, 3.63) is 65.2 Å². The lowest BCUT2D eigenvalue weighted by atomic mass is 10.1. The minimum atomic E-state index is -3.77. The van der Waals surface area contributed by atoms with Crippen LogP contribution in [0, 0.1) is 5.92 Å². The zero-order valence-electron chi connectivity index (χ0n) is 14.6. The van der Waals surface area contributed by atoms with E-state index in [4.69, 9.17) is 4.84 Å². The zero-order valence-corrected chi connectivity index (χ0v) is 15.4. The van der Waals surface area contributed by atoms with Crippen molar-refractivity contribution in [3.63, 3.8) is 0 Å². The first-order valence-electron chi connectivity index (χ1n) is 8.66. The van der Waals surface area contributed by atoms with Crippen LogP contribution < -0.4 is 4.72 Å². The topological polar surface area (TPSA) is 110 Å². The van der Waals surface area contributed by atoms with Crippen molar-refractivity contribution in [2.75, 3.05) is 6.54 Å². The van der Waals surface area contributed by atoms with Crippen LogP contribution in [0.1, 0.15) is 43.9 Å². The largest absolute Gasteiger partial charge is 0.363 e. The first-order valence-corrected chi connectivity index (χ1v) is 10.1. The van der Waals surface area contributed by atoms with Gasteiger partial charge in [-0.15, -0.1) is 0 Å². The van der Waals surface area contributed by atoms with Gasteiger partial charge in [0.25, 0.3) is 11.8 Å². The van der Waals surface area contributed by atoms with Crippen molar-refractivity contribution in [2.45, 2.75) is 17.7 Å². The van der Waals surface area contributed by atoms with Crippen molar-refractivity contribution in [1.29, 1.82) is 0 Å². The van der Waals surface area contributed by atoms with Gasteiger partial charge in [-0.1, -0.05) is 23.3 Å². The molecule has 1 aliphatic heterocycles. The van der Waals surface area contributed by atoms with Crippen molar-refractivity contribution in [3.8, 4) is 0 Å². The first-order chi connectivity index (χ1) is 13.4. The number of nitrogens with zero attached hydrogens (tertiary/aromatic N) is 1. The smallest absolute Gasteiger partial charge is 0.324 e. The Morgan fingerprint density at radius 2 is 1.68 bits per heavy atom. The number of hydrogen-bond acceptors (Lipinski definition) is 6. The van der Waals surface area contributed by atoms with Crippen LogP contribution in [0.3, 0.4) is 0 Å². The fourth-order valence-electron chi connectivity index (χ4n) is 2.81. The van der Waals surface area contributed by atoms with E-state index in [2.05, 4.69) is 4.72 Å². The quantitative estimate of drug-likeness (QED) is 0.740. The van der Waals surface area contributed by atoms with E-state index in [1.165, 1.54) is 30.3 Å². The maximum atomic E-state index is 12.4. The van der Waals surface area contributed by atoms with Gasteiger partial charge in [-0.2, -0.15) is 0 Å². The van der Waals surface area contributed by atoms with Crippen LogP contribution in [0.5, 0.6) is 0 Å². The van der Waals surface area contributed by atoms with Gasteiger partial charge in [-0.3, -0.25) is 9.59 Å². The van der Waals surface area contributed by atoms with E-state index in [9.17, 15) is 22.8 Å². The van der Waals surface area contributed by atoms with E-state index in [0.717, 1.165) is 18.9 Å². The Kier molecular flexibility index (Phi) is 4.48. The maximum Gasteiger partial charge on any atom is 0.363 e. The summed E-state index contributed by atoms with van der Waals surface area (Å²) in [5.74, 6) is -2.14. The number of carbonyl (C=O) groups excluding carboxylic acids is 3. The normalized spacial score (nSPS) is 16.2. The summed E-state index contributed by atoms with van der Waals surface area (Å²) in [4.78, 5) is 41.8. The van der Waals surface area contributed by atoms with Crippen molar-refractivity contribution < 1.29 is 27.6 Å². The monoisotopic (exact) mass is 400 g/mol. The molecule has 0 aromatic heterocycles. The average Bonchev–Trinajstić information content (AvgIpc) is 3.50. The summed E-state index contributed by atoms with van der Waals surface area (Å²) in [5.41, 5.74) is 0.188. The van der Waals surface area contributed by atoms with Gasteiger partial charge >= 0.3 is 5.97 Å². The van der Waals surface area contributed by atoms with Gasteiger partial charge in [-0.05, 0) is 49.1 Å². The van der Waals surface area contributed by atoms with Gasteiger partial charge < -0.3 is 4.84 Å². The number of hydroxylamine groups is 2. The fourth-order valence-corrected chi connectivity index (χ4v) is 3.97. The molecule has 9 heteroatoms. The van der Waals surface area contributed by atoms with E-state index < -0.39 is 27.8 Å². The highest BCUT2D eigenvalue weighted by Crippen LogP contribution is 2.28. The molecule has 2 aromatic rings. The third-order valence-electron chi connectivity index (χ3n) is 4.57. The fraction of sp³-hybridized carbons (Fsp3) is 0.211. The van der Waals surface area contributed by atoms with Gasteiger partial charge in [0.1, 0.15) is 0 Å². The maximum absolute atomic E-state index is 12.4. The van der Waals surface area contributed by atoms with Gasteiger partial charge in [0.2, 0.25) is 10.0 Å². The summed E-state index contributed by atoms with van der Waals surface area (Å²) in [5, 5.41) is 0.388. The Hall–Kier alpha value is -3.04. The SMILES string of the molecule is O=C(ON1C(=O)c2ccccc2C1=O)c1cccc(S(=O)(=O)NCC2CC2)c1. The lowest BCUT2D eigenvalue weighted by Crippen LogP contribution is -2.32. The Bertz CT molecular complexity index is 1060. The Balaban J connectivity index is 1.51. The first kappa shape index (κ1) is 18.3. The van der Waals surface area contributed by atoms with Crippen molar-refractivity contribution in [1.82, 2.24) is 9.79 Å².